The van der Waals surface area contributed by atoms with Gasteiger partial charge in [-0.05, 0) is 40.9 Å². The molecule has 6 rings (SSSR count). The van der Waals surface area contributed by atoms with Gasteiger partial charge in [0, 0.05) is 23.8 Å². The van der Waals surface area contributed by atoms with Gasteiger partial charge in [0.2, 0.25) is 5.78 Å². The highest BCUT2D eigenvalue weighted by Gasteiger charge is 2.48. The van der Waals surface area contributed by atoms with Crippen molar-refractivity contribution < 1.29 is 14.7 Å². The number of ketones is 1. The normalized spacial score (nSPS) is 26.7. The molecule has 3 unspecified atom stereocenters. The van der Waals surface area contributed by atoms with Gasteiger partial charge in [-0.2, -0.15) is 5.01 Å². The molecule has 7 nitrogen and oxygen atoms in total. The number of nitrogens with zero attached hydrogens (tertiary/aromatic N) is 4. The Hall–Kier alpha value is -2.88. The number of thioether (sulfide) groups is 1. The highest BCUT2D eigenvalue weighted by molar-refractivity contribution is 8.02. The van der Waals surface area contributed by atoms with Crippen molar-refractivity contribution in [3.8, 4) is 0 Å². The molecule has 0 saturated carbocycles. The highest BCUT2D eigenvalue weighted by Crippen LogP contribution is 2.48. The molecule has 3 aliphatic heterocycles. The summed E-state index contributed by atoms with van der Waals surface area (Å²) in [6, 6.07) is 8.09. The van der Waals surface area contributed by atoms with Crippen molar-refractivity contribution in [1.29, 1.82) is 0 Å². The number of fused-ring (bicyclic) bond motifs is 2. The van der Waals surface area contributed by atoms with Gasteiger partial charge in [-0.15, -0.1) is 23.1 Å². The van der Waals surface area contributed by atoms with E-state index in [2.05, 4.69) is 53.3 Å². The molecule has 0 radical (unpaired) electrons. The van der Waals surface area contributed by atoms with Crippen molar-refractivity contribution in [2.24, 2.45) is 5.92 Å². The molecule has 1 fully saturated rings. The topological polar surface area (TPSA) is 77.0 Å². The zero-order valence-electron chi connectivity index (χ0n) is 20.3. The minimum Gasteiger partial charge on any atom is -0.503 e. The van der Waals surface area contributed by atoms with Crippen LogP contribution < -0.4 is 0 Å². The third kappa shape index (κ3) is 3.90. The molecular formula is C27H28N4O3S2. The summed E-state index contributed by atoms with van der Waals surface area (Å²) in [6.45, 7) is 4.84. The number of hydrogen-bond donors (Lipinski definition) is 1. The Morgan fingerprint density at radius 3 is 2.81 bits per heavy atom. The summed E-state index contributed by atoms with van der Waals surface area (Å²) in [5.41, 5.74) is 3.77. The lowest BCUT2D eigenvalue weighted by Crippen LogP contribution is -2.63. The van der Waals surface area contributed by atoms with Crippen LogP contribution in [0.4, 0.5) is 0 Å². The second-order valence-corrected chi connectivity index (χ2v) is 11.9. The van der Waals surface area contributed by atoms with Crippen LogP contribution in [-0.4, -0.2) is 49.4 Å². The quantitative estimate of drug-likeness (QED) is 0.615. The molecule has 36 heavy (non-hydrogen) atoms. The molecular weight excluding hydrogens is 492 g/mol. The summed E-state index contributed by atoms with van der Waals surface area (Å²) in [5, 5.41) is 17.7. The van der Waals surface area contributed by atoms with E-state index in [4.69, 9.17) is 0 Å². The number of carbonyl (C=O) groups is 2. The van der Waals surface area contributed by atoms with E-state index in [1.165, 1.54) is 32.9 Å². The monoisotopic (exact) mass is 520 g/mol. The largest absolute Gasteiger partial charge is 0.503 e. The Balaban J connectivity index is 1.52. The fourth-order valence-electron chi connectivity index (χ4n) is 5.58. The number of amides is 1. The summed E-state index contributed by atoms with van der Waals surface area (Å²) in [6.07, 6.45) is 7.38. The molecule has 4 heterocycles. The number of hydrogen-bond acceptors (Lipinski definition) is 8. The van der Waals surface area contributed by atoms with E-state index in [9.17, 15) is 14.7 Å². The third-order valence-corrected chi connectivity index (χ3v) is 9.26. The van der Waals surface area contributed by atoms with Gasteiger partial charge >= 0.3 is 0 Å². The van der Waals surface area contributed by atoms with Crippen molar-refractivity contribution in [3.05, 3.63) is 86.1 Å². The number of aromatic nitrogens is 1. The standard InChI is InChI=1S/C27H28N4O3S2/c1-16-7-8-20-22(11-16)36-14-18-5-3-4-6-19(18)24(20)30-15-29(13-23-28-9-10-35-23)27(34)25-26(33)21(32)12-17(2)31(25)30/h3-10,16-17,24,33H,11-15H2,1-2H3. The molecule has 2 aromatic rings. The van der Waals surface area contributed by atoms with Gasteiger partial charge in [0.25, 0.3) is 5.91 Å². The zero-order valence-corrected chi connectivity index (χ0v) is 21.9. The molecule has 0 spiro atoms. The van der Waals surface area contributed by atoms with Crippen molar-refractivity contribution >= 4 is 34.8 Å². The molecule has 9 heteroatoms. The maximum absolute atomic E-state index is 13.7. The fourth-order valence-corrected chi connectivity index (χ4v) is 7.53. The first-order valence-corrected chi connectivity index (χ1v) is 14.1. The van der Waals surface area contributed by atoms with Crippen molar-refractivity contribution in [1.82, 2.24) is 19.9 Å². The van der Waals surface area contributed by atoms with Gasteiger partial charge in [-0.3, -0.25) is 14.6 Å². The number of carbonyl (C=O) groups excluding carboxylic acids is 2. The summed E-state index contributed by atoms with van der Waals surface area (Å²) < 4.78 is 0. The van der Waals surface area contributed by atoms with Gasteiger partial charge in [0.15, 0.2) is 11.5 Å². The summed E-state index contributed by atoms with van der Waals surface area (Å²) in [7, 11) is 0. The lowest BCUT2D eigenvalue weighted by atomic mass is 9.88. The number of aliphatic hydroxyl groups excluding tert-OH is 1. The van der Waals surface area contributed by atoms with E-state index in [1.54, 1.807) is 11.1 Å². The van der Waals surface area contributed by atoms with Crippen LogP contribution in [0.15, 0.2) is 69.9 Å². The molecule has 0 bridgehead atoms. The van der Waals surface area contributed by atoms with Crippen LogP contribution >= 0.6 is 23.1 Å². The lowest BCUT2D eigenvalue weighted by molar-refractivity contribution is -0.167. The van der Waals surface area contributed by atoms with E-state index >= 15 is 0 Å². The van der Waals surface area contributed by atoms with Gasteiger partial charge < -0.3 is 10.0 Å². The number of benzene rings is 1. The first kappa shape index (κ1) is 23.5. The maximum Gasteiger partial charge on any atom is 0.277 e. The van der Waals surface area contributed by atoms with E-state index in [0.29, 0.717) is 19.1 Å². The highest BCUT2D eigenvalue weighted by atomic mass is 32.2. The van der Waals surface area contributed by atoms with Crippen molar-refractivity contribution in [2.75, 3.05) is 6.67 Å². The minimum absolute atomic E-state index is 0.0752. The van der Waals surface area contributed by atoms with Crippen molar-refractivity contribution in [3.63, 3.8) is 0 Å². The number of allylic oxidation sites excluding steroid dienone is 3. The summed E-state index contributed by atoms with van der Waals surface area (Å²) in [4.78, 5) is 33.8. The predicted molar refractivity (Wildman–Crippen MR) is 140 cm³/mol. The Morgan fingerprint density at radius 2 is 2.00 bits per heavy atom. The molecule has 1 aromatic carbocycles. The predicted octanol–water partition coefficient (Wildman–Crippen LogP) is 4.93. The number of hydrazine groups is 1. The van der Waals surface area contributed by atoms with E-state index in [-0.39, 0.29) is 35.9 Å². The first-order chi connectivity index (χ1) is 17.4. The first-order valence-electron chi connectivity index (χ1n) is 12.2. The summed E-state index contributed by atoms with van der Waals surface area (Å²) >= 11 is 3.39. The Morgan fingerprint density at radius 1 is 1.17 bits per heavy atom. The van der Waals surface area contributed by atoms with Crippen LogP contribution in [0.5, 0.6) is 0 Å². The van der Waals surface area contributed by atoms with Gasteiger partial charge in [-0.25, -0.2) is 4.98 Å². The third-order valence-electron chi connectivity index (χ3n) is 7.29. The number of rotatable bonds is 3. The van der Waals surface area contributed by atoms with Crippen LogP contribution in [0.1, 0.15) is 48.9 Å². The molecule has 1 amide bonds. The molecule has 1 saturated heterocycles. The van der Waals surface area contributed by atoms with E-state index in [1.807, 2.05) is 29.1 Å². The number of thiazole rings is 1. The molecule has 1 N–H and O–H groups in total. The van der Waals surface area contributed by atoms with Crippen LogP contribution in [0.2, 0.25) is 0 Å². The summed E-state index contributed by atoms with van der Waals surface area (Å²) in [5.74, 6) is 0.195. The van der Waals surface area contributed by atoms with E-state index < -0.39 is 5.76 Å². The maximum atomic E-state index is 13.7. The lowest BCUT2D eigenvalue weighted by Gasteiger charge is -2.52. The van der Waals surface area contributed by atoms with Crippen LogP contribution in [0.3, 0.4) is 0 Å². The van der Waals surface area contributed by atoms with Crippen LogP contribution in [0, 0.1) is 5.92 Å². The average molecular weight is 521 g/mol. The molecule has 1 aromatic heterocycles. The Bertz CT molecular complexity index is 1320. The molecule has 1 aliphatic carbocycles. The fraction of sp³-hybridized carbons (Fsp3) is 0.370. The molecule has 3 atom stereocenters. The number of aliphatic hydroxyl groups is 1. The van der Waals surface area contributed by atoms with Gasteiger partial charge in [0.05, 0.1) is 25.3 Å². The van der Waals surface area contributed by atoms with Crippen molar-refractivity contribution in [2.45, 2.75) is 51.1 Å². The Kier molecular flexibility index (Phi) is 6.02. The Labute approximate surface area is 218 Å². The molecule has 186 valence electrons. The zero-order chi connectivity index (χ0) is 25.0. The van der Waals surface area contributed by atoms with Crippen LogP contribution in [-0.2, 0) is 21.9 Å². The average Bonchev–Trinajstić information content (AvgIpc) is 3.32. The van der Waals surface area contributed by atoms with E-state index in [0.717, 1.165) is 17.2 Å². The number of Topliss-reactive ketones (excluding diaryl/α,β-unsaturated/α-hetero) is 1. The van der Waals surface area contributed by atoms with Gasteiger partial charge in [-0.1, -0.05) is 43.3 Å². The molecule has 4 aliphatic rings. The SMILES string of the molecule is CC1C=CC2=C(C1)SCc1ccccc1C2N1CN(Cc2nccs2)C(=O)C2=C(O)C(=O)CC(C)N21. The second kappa shape index (κ2) is 9.21. The van der Waals surface area contributed by atoms with Crippen LogP contribution in [0.25, 0.3) is 0 Å². The van der Waals surface area contributed by atoms with Gasteiger partial charge in [0.1, 0.15) is 5.01 Å². The second-order valence-electron chi connectivity index (χ2n) is 9.84. The minimum atomic E-state index is -0.440. The smallest absolute Gasteiger partial charge is 0.277 e.